The monoisotopic (exact) mass is 649 g/mol. The fourth-order valence-electron chi connectivity index (χ4n) is 4.98. The molecule has 0 aliphatic carbocycles. The summed E-state index contributed by atoms with van der Waals surface area (Å²) in [5, 5.41) is -4.46. The molecule has 1 N–H and O–H groups in total. The first kappa shape index (κ1) is 34.4. The highest BCUT2D eigenvalue weighted by Gasteiger charge is 2.51. The number of hydrogen-bond acceptors (Lipinski definition) is 5. The second-order valence-corrected chi connectivity index (χ2v) is 17.0. The van der Waals surface area contributed by atoms with Gasteiger partial charge in [-0.25, -0.2) is 0 Å². The summed E-state index contributed by atoms with van der Waals surface area (Å²) >= 11 is 0. The molecule has 240 valence electrons. The molecule has 3 aromatic carbocycles. The molecule has 0 spiro atoms. The van der Waals surface area contributed by atoms with Crippen molar-refractivity contribution < 1.29 is 36.0 Å². The Morgan fingerprint density at radius 1 is 0.818 bits per heavy atom. The van der Waals surface area contributed by atoms with Gasteiger partial charge in [-0.05, 0) is 78.6 Å². The van der Waals surface area contributed by atoms with Gasteiger partial charge in [-0.3, -0.25) is 4.55 Å². The normalized spacial score (nSPS) is 18.5. The van der Waals surface area contributed by atoms with E-state index in [0.717, 1.165) is 27.2 Å². The lowest BCUT2D eigenvalue weighted by molar-refractivity contribution is -0.328. The highest BCUT2D eigenvalue weighted by molar-refractivity contribution is 7.97. The highest BCUT2D eigenvalue weighted by Crippen LogP contribution is 2.43. The van der Waals surface area contributed by atoms with Gasteiger partial charge in [-0.2, -0.15) is 17.2 Å². The van der Waals surface area contributed by atoms with Crippen molar-refractivity contribution in [1.29, 1.82) is 0 Å². The molecule has 2 atom stereocenters. The molecule has 2 unspecified atom stereocenters. The Morgan fingerprint density at radius 2 is 1.25 bits per heavy atom. The summed E-state index contributed by atoms with van der Waals surface area (Å²) in [5.74, 6) is -0.711. The smallest absolute Gasteiger partial charge is 0.405 e. The van der Waals surface area contributed by atoms with Gasteiger partial charge in [-0.1, -0.05) is 60.6 Å². The van der Waals surface area contributed by atoms with Crippen molar-refractivity contribution >= 4 is 21.0 Å². The van der Waals surface area contributed by atoms with Crippen LogP contribution in [-0.4, -0.2) is 37.5 Å². The fraction of sp³-hybridized carbons (Fsp3) is 0.471. The van der Waals surface area contributed by atoms with Gasteiger partial charge in [0.1, 0.15) is 5.75 Å². The van der Waals surface area contributed by atoms with E-state index in [0.29, 0.717) is 13.2 Å². The molecule has 0 aromatic heterocycles. The van der Waals surface area contributed by atoms with Gasteiger partial charge in [0.15, 0.2) is 26.6 Å². The number of ether oxygens (including phenoxy) is 3. The molecule has 0 radical (unpaired) electrons. The summed E-state index contributed by atoms with van der Waals surface area (Å²) in [7, 11) is -6.20. The first-order valence-electron chi connectivity index (χ1n) is 14.6. The Bertz CT molecular complexity index is 1520. The lowest BCUT2D eigenvalue weighted by atomic mass is 9.87. The zero-order chi connectivity index (χ0) is 32.7. The Labute approximate surface area is 263 Å². The number of hydrogen-bond donors (Lipinski definition) is 1. The highest BCUT2D eigenvalue weighted by atomic mass is 32.2. The van der Waals surface area contributed by atoms with Gasteiger partial charge in [0, 0.05) is 16.9 Å². The molecule has 6 nitrogen and oxygen atoms in total. The molecule has 1 saturated heterocycles. The Balaban J connectivity index is 1.70. The topological polar surface area (TPSA) is 82.1 Å². The van der Waals surface area contributed by atoms with Crippen LogP contribution in [0.4, 0.5) is 8.78 Å². The lowest BCUT2D eigenvalue weighted by Gasteiger charge is -2.46. The maximum atomic E-state index is 14.1. The lowest BCUT2D eigenvalue weighted by Crippen LogP contribution is -2.48. The van der Waals surface area contributed by atoms with Gasteiger partial charge < -0.3 is 14.2 Å². The largest absolute Gasteiger partial charge is 0.483 e. The van der Waals surface area contributed by atoms with Gasteiger partial charge in [0.05, 0.1) is 24.1 Å². The minimum atomic E-state index is -5.63. The molecule has 1 fully saturated rings. The molecule has 10 heteroatoms. The van der Waals surface area contributed by atoms with Crippen LogP contribution >= 0.6 is 0 Å². The van der Waals surface area contributed by atoms with Crippen LogP contribution in [0.5, 0.6) is 5.75 Å². The molecular weight excluding hydrogens is 606 g/mol. The predicted octanol–water partition coefficient (Wildman–Crippen LogP) is 8.21. The summed E-state index contributed by atoms with van der Waals surface area (Å²) in [6.45, 7) is 17.0. The molecule has 1 heterocycles. The molecule has 0 saturated carbocycles. The van der Waals surface area contributed by atoms with E-state index in [4.69, 9.17) is 18.8 Å². The first-order chi connectivity index (χ1) is 20.3. The van der Waals surface area contributed by atoms with Gasteiger partial charge >= 0.3 is 15.4 Å². The zero-order valence-corrected chi connectivity index (χ0v) is 28.2. The van der Waals surface area contributed by atoms with Crippen molar-refractivity contribution in [1.82, 2.24) is 0 Å². The van der Waals surface area contributed by atoms with E-state index in [1.54, 1.807) is 12.1 Å². The van der Waals surface area contributed by atoms with Crippen molar-refractivity contribution in [2.45, 2.75) is 92.6 Å². The van der Waals surface area contributed by atoms with E-state index >= 15 is 0 Å². The second-order valence-electron chi connectivity index (χ2n) is 13.4. The third-order valence-corrected chi connectivity index (χ3v) is 11.0. The van der Waals surface area contributed by atoms with Gasteiger partial charge in [0.2, 0.25) is 0 Å². The van der Waals surface area contributed by atoms with Crippen LogP contribution in [0.25, 0.3) is 0 Å². The third-order valence-electron chi connectivity index (χ3n) is 7.75. The van der Waals surface area contributed by atoms with Crippen LogP contribution in [0.3, 0.4) is 0 Å². The SMILES string of the molecule is CC(C)C1(c2ccc([S+](c3ccc(OC(C)C(F)(F)S(=O)(=O)O)cc3)c3ccc(C(C)(C)C)cc3)cc2)OCC(C)(C)CO1. The average molecular weight is 650 g/mol. The van der Waals surface area contributed by atoms with Gasteiger partial charge in [0.25, 0.3) is 0 Å². The van der Waals surface area contributed by atoms with Crippen LogP contribution in [0.2, 0.25) is 0 Å². The van der Waals surface area contributed by atoms with Crippen LogP contribution in [0, 0.1) is 11.3 Å². The fourth-order valence-corrected chi connectivity index (χ4v) is 7.49. The number of alkyl halides is 2. The summed E-state index contributed by atoms with van der Waals surface area (Å²) in [6, 6.07) is 23.4. The number of halogens is 2. The van der Waals surface area contributed by atoms with Gasteiger partial charge in [-0.15, -0.1) is 0 Å². The van der Waals surface area contributed by atoms with Crippen LogP contribution in [-0.2, 0) is 41.7 Å². The second kappa shape index (κ2) is 12.4. The quantitative estimate of drug-likeness (QED) is 0.186. The van der Waals surface area contributed by atoms with E-state index in [1.165, 1.54) is 17.7 Å². The number of rotatable bonds is 9. The minimum Gasteiger partial charge on any atom is -0.483 e. The third kappa shape index (κ3) is 7.15. The Morgan fingerprint density at radius 3 is 1.66 bits per heavy atom. The molecule has 1 aliphatic heterocycles. The molecule has 0 bridgehead atoms. The van der Waals surface area contributed by atoms with Crippen LogP contribution < -0.4 is 4.74 Å². The summed E-state index contributed by atoms with van der Waals surface area (Å²) in [6.07, 6.45) is -2.10. The van der Waals surface area contributed by atoms with E-state index in [2.05, 4.69) is 84.9 Å². The van der Waals surface area contributed by atoms with E-state index in [1.807, 2.05) is 12.1 Å². The standard InChI is InChI=1S/C34H42F2O6S2/c1-23(2)33(40-21-32(7,8)22-41-33)26-11-17-29(18-12-26)43(28-15-9-25(10-16-28)31(4,5)6)30-19-13-27(14-20-30)42-24(3)34(35,36)44(37,38)39/h9-20,23-24H,21-22H2,1-8H3/p+1. The van der Waals surface area contributed by atoms with E-state index < -0.39 is 38.2 Å². The van der Waals surface area contributed by atoms with Crippen molar-refractivity contribution in [3.63, 3.8) is 0 Å². The molecular formula is C34H43F2O6S2+. The predicted molar refractivity (Wildman–Crippen MR) is 169 cm³/mol. The molecule has 0 amide bonds. The number of benzene rings is 3. The van der Waals surface area contributed by atoms with Crippen molar-refractivity contribution in [2.24, 2.45) is 11.3 Å². The van der Waals surface area contributed by atoms with Crippen molar-refractivity contribution in [2.75, 3.05) is 13.2 Å². The van der Waals surface area contributed by atoms with Crippen molar-refractivity contribution in [3.05, 3.63) is 83.9 Å². The van der Waals surface area contributed by atoms with Crippen molar-refractivity contribution in [3.8, 4) is 5.75 Å². The maximum absolute atomic E-state index is 14.1. The first-order valence-corrected chi connectivity index (χ1v) is 17.3. The zero-order valence-electron chi connectivity index (χ0n) is 26.6. The summed E-state index contributed by atoms with van der Waals surface area (Å²) in [5.41, 5.74) is 2.06. The summed E-state index contributed by atoms with van der Waals surface area (Å²) in [4.78, 5) is 3.01. The molecule has 3 aromatic rings. The minimum absolute atomic E-state index is 0.0156. The molecule has 4 rings (SSSR count). The van der Waals surface area contributed by atoms with E-state index in [9.17, 15) is 17.2 Å². The molecule has 1 aliphatic rings. The Kier molecular flexibility index (Phi) is 9.66. The summed E-state index contributed by atoms with van der Waals surface area (Å²) < 4.78 is 77.4. The van der Waals surface area contributed by atoms with Crippen LogP contribution in [0.15, 0.2) is 87.5 Å². The molecule has 44 heavy (non-hydrogen) atoms. The Hall–Kier alpha value is -2.50. The average Bonchev–Trinajstić information content (AvgIpc) is 2.94. The van der Waals surface area contributed by atoms with E-state index in [-0.39, 0.29) is 22.5 Å². The van der Waals surface area contributed by atoms with Crippen LogP contribution in [0.1, 0.15) is 66.5 Å². The maximum Gasteiger partial charge on any atom is 0.405 e.